The minimum atomic E-state index is -1.08. The highest BCUT2D eigenvalue weighted by atomic mass is 16.4. The lowest BCUT2D eigenvalue weighted by atomic mass is 10.0. The van der Waals surface area contributed by atoms with E-state index in [4.69, 9.17) is 0 Å². The van der Waals surface area contributed by atoms with Crippen LogP contribution in [0.2, 0.25) is 0 Å². The number of carboxylic acid groups (broad SMARTS) is 1. The zero-order valence-electron chi connectivity index (χ0n) is 15.9. The number of aliphatic carboxylic acids is 1. The van der Waals surface area contributed by atoms with Gasteiger partial charge < -0.3 is 15.4 Å². The summed E-state index contributed by atoms with van der Waals surface area (Å²) in [4.78, 5) is 27.4. The quantitative estimate of drug-likeness (QED) is 0.645. The molecule has 1 amide bonds. The predicted molar refractivity (Wildman–Crippen MR) is 103 cm³/mol. The van der Waals surface area contributed by atoms with Crippen molar-refractivity contribution in [3.05, 3.63) is 53.5 Å². The van der Waals surface area contributed by atoms with Crippen molar-refractivity contribution < 1.29 is 14.7 Å². The number of rotatable bonds is 5. The van der Waals surface area contributed by atoms with Crippen LogP contribution in [0, 0.1) is 6.92 Å². The molecule has 7 nitrogen and oxygen atoms in total. The Hall–Kier alpha value is -3.09. The first-order chi connectivity index (χ1) is 12.7. The highest BCUT2D eigenvalue weighted by Crippen LogP contribution is 2.20. The van der Waals surface area contributed by atoms with Crippen molar-refractivity contribution in [2.75, 3.05) is 0 Å². The largest absolute Gasteiger partial charge is 0.480 e. The Balaban J connectivity index is 1.81. The van der Waals surface area contributed by atoms with Gasteiger partial charge in [-0.1, -0.05) is 18.2 Å². The number of carbonyl (C=O) groups excluding carboxylic acids is 1. The van der Waals surface area contributed by atoms with Gasteiger partial charge in [-0.05, 0) is 45.4 Å². The standard InChI is InChI=1S/C20H24N4O3/c1-12-9-16(23-24(12)20(2,3)4)18(25)22-17(19(26)27)10-13-11-21-15-8-6-5-7-14(13)15/h5-9,11,17,21H,10H2,1-4H3,(H,22,25)(H,26,27)/t17-/m0/s1. The van der Waals surface area contributed by atoms with Crippen molar-refractivity contribution in [3.63, 3.8) is 0 Å². The Morgan fingerprint density at radius 2 is 2.00 bits per heavy atom. The molecular weight excluding hydrogens is 344 g/mol. The van der Waals surface area contributed by atoms with Crippen molar-refractivity contribution in [1.29, 1.82) is 0 Å². The van der Waals surface area contributed by atoms with Gasteiger partial charge in [-0.3, -0.25) is 9.48 Å². The van der Waals surface area contributed by atoms with Gasteiger partial charge in [-0.15, -0.1) is 0 Å². The number of hydrogen-bond acceptors (Lipinski definition) is 3. The van der Waals surface area contributed by atoms with Crippen molar-refractivity contribution >= 4 is 22.8 Å². The van der Waals surface area contributed by atoms with Gasteiger partial charge in [0.05, 0.1) is 5.54 Å². The third kappa shape index (κ3) is 3.86. The Labute approximate surface area is 157 Å². The molecule has 0 fully saturated rings. The number of H-pyrrole nitrogens is 1. The third-order valence-electron chi connectivity index (χ3n) is 4.46. The number of aryl methyl sites for hydroxylation is 1. The van der Waals surface area contributed by atoms with Gasteiger partial charge in [-0.25, -0.2) is 4.79 Å². The number of para-hydroxylation sites is 1. The smallest absolute Gasteiger partial charge is 0.326 e. The van der Waals surface area contributed by atoms with Gasteiger partial charge >= 0.3 is 5.97 Å². The number of fused-ring (bicyclic) bond motifs is 1. The van der Waals surface area contributed by atoms with Gasteiger partial charge in [-0.2, -0.15) is 5.10 Å². The van der Waals surface area contributed by atoms with Gasteiger partial charge in [0, 0.05) is 29.2 Å². The molecule has 7 heteroatoms. The van der Waals surface area contributed by atoms with Gasteiger partial charge in [0.15, 0.2) is 0 Å². The van der Waals surface area contributed by atoms with Crippen LogP contribution in [0.4, 0.5) is 0 Å². The molecule has 0 spiro atoms. The van der Waals surface area contributed by atoms with E-state index in [1.165, 1.54) is 0 Å². The molecule has 1 atom stereocenters. The molecular formula is C20H24N4O3. The average Bonchev–Trinajstić information content (AvgIpc) is 3.18. The van der Waals surface area contributed by atoms with Crippen LogP contribution in [0.25, 0.3) is 10.9 Å². The van der Waals surface area contributed by atoms with Crippen molar-refractivity contribution in [1.82, 2.24) is 20.1 Å². The Morgan fingerprint density at radius 3 is 2.63 bits per heavy atom. The fourth-order valence-corrected chi connectivity index (χ4v) is 3.22. The van der Waals surface area contributed by atoms with E-state index >= 15 is 0 Å². The van der Waals surface area contributed by atoms with E-state index in [0.717, 1.165) is 22.2 Å². The van der Waals surface area contributed by atoms with Crippen LogP contribution in [0.3, 0.4) is 0 Å². The Kier molecular flexibility index (Phi) is 4.78. The van der Waals surface area contributed by atoms with Crippen LogP contribution >= 0.6 is 0 Å². The summed E-state index contributed by atoms with van der Waals surface area (Å²) in [7, 11) is 0. The molecule has 0 aliphatic heterocycles. The molecule has 0 saturated heterocycles. The van der Waals surface area contributed by atoms with E-state index in [9.17, 15) is 14.7 Å². The number of nitrogens with one attached hydrogen (secondary N) is 2. The Bertz CT molecular complexity index is 994. The highest BCUT2D eigenvalue weighted by molar-refractivity contribution is 5.95. The number of aromatic nitrogens is 3. The number of carbonyl (C=O) groups is 2. The predicted octanol–water partition coefficient (Wildman–Crippen LogP) is 2.85. The third-order valence-corrected chi connectivity index (χ3v) is 4.46. The minimum absolute atomic E-state index is 0.185. The summed E-state index contributed by atoms with van der Waals surface area (Å²) in [6.45, 7) is 7.85. The lowest BCUT2D eigenvalue weighted by Crippen LogP contribution is -2.42. The molecule has 2 heterocycles. The molecule has 0 unspecified atom stereocenters. The molecule has 0 radical (unpaired) electrons. The topological polar surface area (TPSA) is 100 Å². The molecule has 27 heavy (non-hydrogen) atoms. The van der Waals surface area contributed by atoms with E-state index in [1.807, 2.05) is 52.0 Å². The fraction of sp³-hybridized carbons (Fsp3) is 0.350. The second-order valence-corrected chi connectivity index (χ2v) is 7.68. The summed E-state index contributed by atoms with van der Waals surface area (Å²) in [5, 5.41) is 17.5. The highest BCUT2D eigenvalue weighted by Gasteiger charge is 2.25. The zero-order valence-corrected chi connectivity index (χ0v) is 15.9. The van der Waals surface area contributed by atoms with E-state index in [2.05, 4.69) is 15.4 Å². The maximum absolute atomic E-state index is 12.6. The molecule has 0 aliphatic carbocycles. The van der Waals surface area contributed by atoms with Gasteiger partial charge in [0.2, 0.25) is 0 Å². The average molecular weight is 368 g/mol. The van der Waals surface area contributed by atoms with Crippen LogP contribution < -0.4 is 5.32 Å². The number of benzene rings is 1. The summed E-state index contributed by atoms with van der Waals surface area (Å²) in [6.07, 6.45) is 1.97. The van der Waals surface area contributed by atoms with E-state index < -0.39 is 17.9 Å². The summed E-state index contributed by atoms with van der Waals surface area (Å²) in [6, 6.07) is 8.29. The molecule has 0 bridgehead atoms. The van der Waals surface area contributed by atoms with Crippen LogP contribution in [0.1, 0.15) is 42.5 Å². The summed E-state index contributed by atoms with van der Waals surface area (Å²) < 4.78 is 1.76. The summed E-state index contributed by atoms with van der Waals surface area (Å²) in [5.41, 5.74) is 2.57. The minimum Gasteiger partial charge on any atom is -0.480 e. The maximum Gasteiger partial charge on any atom is 0.326 e. The SMILES string of the molecule is Cc1cc(C(=O)N[C@@H](Cc2c[nH]c3ccccc23)C(=O)O)nn1C(C)(C)C. The molecule has 0 aliphatic rings. The lowest BCUT2D eigenvalue weighted by molar-refractivity contribution is -0.139. The van der Waals surface area contributed by atoms with Crippen molar-refractivity contribution in [3.8, 4) is 0 Å². The van der Waals surface area contributed by atoms with Gasteiger partial charge in [0.1, 0.15) is 11.7 Å². The fourth-order valence-electron chi connectivity index (χ4n) is 3.22. The summed E-state index contributed by atoms with van der Waals surface area (Å²) in [5.74, 6) is -1.58. The van der Waals surface area contributed by atoms with Crippen molar-refractivity contribution in [2.24, 2.45) is 0 Å². The van der Waals surface area contributed by atoms with Crippen molar-refractivity contribution in [2.45, 2.75) is 45.7 Å². The molecule has 142 valence electrons. The number of nitrogens with zero attached hydrogens (tertiary/aromatic N) is 2. The molecule has 1 aromatic carbocycles. The molecule has 0 saturated carbocycles. The second-order valence-electron chi connectivity index (χ2n) is 7.68. The lowest BCUT2D eigenvalue weighted by Gasteiger charge is -2.21. The monoisotopic (exact) mass is 368 g/mol. The van der Waals surface area contributed by atoms with E-state index in [-0.39, 0.29) is 17.7 Å². The maximum atomic E-state index is 12.6. The normalized spacial score (nSPS) is 12.9. The first-order valence-electron chi connectivity index (χ1n) is 8.82. The van der Waals surface area contributed by atoms with Crippen LogP contribution in [-0.4, -0.2) is 37.8 Å². The second kappa shape index (κ2) is 6.90. The Morgan fingerprint density at radius 1 is 1.30 bits per heavy atom. The van der Waals surface area contributed by atoms with E-state index in [0.29, 0.717) is 0 Å². The van der Waals surface area contributed by atoms with Crippen LogP contribution in [0.5, 0.6) is 0 Å². The number of amides is 1. The number of carboxylic acids is 1. The zero-order chi connectivity index (χ0) is 19.8. The molecule has 3 N–H and O–H groups in total. The first kappa shape index (κ1) is 18.7. The van der Waals surface area contributed by atoms with Crippen LogP contribution in [0.15, 0.2) is 36.5 Å². The summed E-state index contributed by atoms with van der Waals surface area (Å²) >= 11 is 0. The number of aromatic amines is 1. The first-order valence-corrected chi connectivity index (χ1v) is 8.82. The number of hydrogen-bond donors (Lipinski definition) is 3. The molecule has 3 aromatic rings. The van der Waals surface area contributed by atoms with E-state index in [1.54, 1.807) is 16.9 Å². The van der Waals surface area contributed by atoms with Crippen LogP contribution in [-0.2, 0) is 16.8 Å². The molecule has 3 rings (SSSR count). The van der Waals surface area contributed by atoms with Gasteiger partial charge in [0.25, 0.3) is 5.91 Å². The molecule has 2 aromatic heterocycles.